The molecular weight excluding hydrogens is 714 g/mol. The standard InChI is InChI=1S/C40H77N3O12/c1-16-29-39(10,48)33(45)26(6)41-20-22(2)18-37(8,47)34(55-36-31(44)28(43(13)14)17-23(3)51-36)24(4)32(25(5)35(46)53-29)54-30-19-38(9,50-15)40(49,21-42(11)12)27(7)52-30/h22-34,36,41,44-45,47-49H,16-21H2,1-15H3/t22-,23-,24+,25-,26-,27+,28+,29?,30+,31-,32+,33-,34-,36+,37-,38-,39-,40+/m1/s1. The molecule has 55 heavy (non-hydrogen) atoms. The fourth-order valence-electron chi connectivity index (χ4n) is 9.20. The molecule has 15 heteroatoms. The van der Waals surface area contributed by atoms with Crippen LogP contribution in [-0.4, -0.2) is 179 Å². The van der Waals surface area contributed by atoms with Gasteiger partial charge >= 0.3 is 5.97 Å². The van der Waals surface area contributed by atoms with Crippen LogP contribution in [0.1, 0.15) is 94.9 Å². The Kier molecular flexibility index (Phi) is 16.6. The molecule has 18 atom stereocenters. The van der Waals surface area contributed by atoms with E-state index in [1.54, 1.807) is 41.5 Å². The lowest BCUT2D eigenvalue weighted by Gasteiger charge is -2.54. The number of ether oxygens (including phenoxy) is 6. The molecule has 3 aliphatic rings. The fraction of sp³-hybridized carbons (Fsp3) is 0.975. The molecule has 0 spiro atoms. The topological polar surface area (TPSA) is 192 Å². The van der Waals surface area contributed by atoms with Gasteiger partial charge in [0.25, 0.3) is 0 Å². The number of nitrogens with one attached hydrogen (secondary N) is 1. The van der Waals surface area contributed by atoms with Crippen molar-refractivity contribution in [2.45, 2.75) is 185 Å². The first-order valence-corrected chi connectivity index (χ1v) is 20.2. The molecule has 3 rings (SSSR count). The Labute approximate surface area is 330 Å². The summed E-state index contributed by atoms with van der Waals surface area (Å²) in [6.45, 7) is 18.2. The van der Waals surface area contributed by atoms with Crippen LogP contribution in [0.5, 0.6) is 0 Å². The summed E-state index contributed by atoms with van der Waals surface area (Å²) in [6, 6.07) is -0.876. The summed E-state index contributed by atoms with van der Waals surface area (Å²) in [5.74, 6) is -2.66. The number of hydrogen-bond acceptors (Lipinski definition) is 15. The molecule has 0 aromatic carbocycles. The van der Waals surface area contributed by atoms with Crippen molar-refractivity contribution in [1.29, 1.82) is 0 Å². The van der Waals surface area contributed by atoms with Gasteiger partial charge < -0.3 is 69.1 Å². The molecule has 324 valence electrons. The van der Waals surface area contributed by atoms with Crippen LogP contribution in [0, 0.1) is 17.8 Å². The number of aliphatic hydroxyl groups is 5. The van der Waals surface area contributed by atoms with Crippen molar-refractivity contribution >= 4 is 5.97 Å². The van der Waals surface area contributed by atoms with E-state index < -0.39 is 95.5 Å². The second-order valence-corrected chi connectivity index (χ2v) is 18.3. The third-order valence-electron chi connectivity index (χ3n) is 12.8. The van der Waals surface area contributed by atoms with Crippen molar-refractivity contribution < 1.29 is 58.7 Å². The molecule has 0 amide bonds. The molecular formula is C40H77N3O12. The number of rotatable bonds is 9. The SMILES string of the molecule is CCC1OC(=O)[C@H](C)[C@@H](O[C@H]2C[C@@](C)(OC)[C@](O)(CN(C)C)[C@H](C)O2)[C@H](C)[C@@H](O[C@@H]2O[C@H](C)C[C@H](N(C)C)[C@H]2O)[C@](C)(O)C[C@@H](C)CN[C@H](C)[C@@H](O)[C@]1(C)O. The van der Waals surface area contributed by atoms with Crippen molar-refractivity contribution in [2.75, 3.05) is 48.4 Å². The molecule has 15 nitrogen and oxygen atoms in total. The molecule has 0 aromatic rings. The molecule has 0 bridgehead atoms. The van der Waals surface area contributed by atoms with E-state index in [1.807, 2.05) is 58.8 Å². The summed E-state index contributed by atoms with van der Waals surface area (Å²) < 4.78 is 38.2. The van der Waals surface area contributed by atoms with E-state index in [1.165, 1.54) is 14.0 Å². The van der Waals surface area contributed by atoms with Gasteiger partial charge in [-0.3, -0.25) is 4.79 Å². The Morgan fingerprint density at radius 3 is 2.09 bits per heavy atom. The molecule has 0 aromatic heterocycles. The molecule has 0 saturated carbocycles. The van der Waals surface area contributed by atoms with E-state index in [9.17, 15) is 30.3 Å². The lowest BCUT2D eigenvalue weighted by Crippen LogP contribution is -2.69. The van der Waals surface area contributed by atoms with Gasteiger partial charge in [-0.15, -0.1) is 0 Å². The van der Waals surface area contributed by atoms with Gasteiger partial charge in [-0.25, -0.2) is 0 Å². The minimum Gasteiger partial charge on any atom is -0.459 e. The zero-order valence-electron chi connectivity index (χ0n) is 36.3. The summed E-state index contributed by atoms with van der Waals surface area (Å²) in [5, 5.41) is 62.4. The van der Waals surface area contributed by atoms with Crippen LogP contribution < -0.4 is 5.32 Å². The molecule has 3 aliphatic heterocycles. The summed E-state index contributed by atoms with van der Waals surface area (Å²) in [7, 11) is 9.01. The van der Waals surface area contributed by atoms with E-state index in [2.05, 4.69) is 5.32 Å². The van der Waals surface area contributed by atoms with E-state index in [0.29, 0.717) is 13.0 Å². The molecule has 3 heterocycles. The highest BCUT2D eigenvalue weighted by Gasteiger charge is 2.58. The first-order valence-electron chi connectivity index (χ1n) is 20.2. The highest BCUT2D eigenvalue weighted by molar-refractivity contribution is 5.73. The molecule has 0 radical (unpaired) electrons. The first-order chi connectivity index (χ1) is 25.3. The van der Waals surface area contributed by atoms with Gasteiger partial charge in [-0.1, -0.05) is 20.8 Å². The minimum absolute atomic E-state index is 0.0939. The van der Waals surface area contributed by atoms with Gasteiger partial charge in [0.2, 0.25) is 0 Å². The molecule has 3 fully saturated rings. The minimum atomic E-state index is -1.81. The Bertz CT molecular complexity index is 1230. The van der Waals surface area contributed by atoms with Gasteiger partial charge in [0, 0.05) is 38.1 Å². The van der Waals surface area contributed by atoms with Gasteiger partial charge in [0.15, 0.2) is 12.6 Å². The van der Waals surface area contributed by atoms with Crippen molar-refractivity contribution in [3.8, 4) is 0 Å². The van der Waals surface area contributed by atoms with Crippen LogP contribution in [-0.2, 0) is 33.2 Å². The van der Waals surface area contributed by atoms with Gasteiger partial charge in [-0.05, 0) is 108 Å². The fourth-order valence-corrected chi connectivity index (χ4v) is 9.20. The number of carbonyl (C=O) groups is 1. The number of methoxy groups -OCH3 is 1. The normalized spacial score (nSPS) is 48.7. The Hall–Kier alpha value is -1.05. The zero-order valence-corrected chi connectivity index (χ0v) is 36.3. The number of aliphatic hydroxyl groups excluding tert-OH is 2. The van der Waals surface area contributed by atoms with Gasteiger partial charge in [0.1, 0.15) is 35.1 Å². The zero-order chi connectivity index (χ0) is 42.0. The maximum absolute atomic E-state index is 14.3. The number of nitrogens with zero attached hydrogens (tertiary/aromatic N) is 2. The molecule has 1 unspecified atom stereocenters. The summed E-state index contributed by atoms with van der Waals surface area (Å²) in [4.78, 5) is 18.1. The predicted octanol–water partition coefficient (Wildman–Crippen LogP) is 1.49. The highest BCUT2D eigenvalue weighted by atomic mass is 16.7. The van der Waals surface area contributed by atoms with Crippen molar-refractivity contribution in [3.63, 3.8) is 0 Å². The largest absolute Gasteiger partial charge is 0.459 e. The summed E-state index contributed by atoms with van der Waals surface area (Å²) in [6.07, 6.45) is -7.58. The molecule has 6 N–H and O–H groups in total. The quantitative estimate of drug-likeness (QED) is 0.184. The molecule has 3 saturated heterocycles. The van der Waals surface area contributed by atoms with Crippen LogP contribution >= 0.6 is 0 Å². The van der Waals surface area contributed by atoms with Crippen LogP contribution in [0.4, 0.5) is 0 Å². The number of cyclic esters (lactones) is 1. The number of likely N-dealkylation sites (N-methyl/N-ethyl adjacent to an activating group) is 2. The van der Waals surface area contributed by atoms with Crippen LogP contribution in [0.2, 0.25) is 0 Å². The van der Waals surface area contributed by atoms with Crippen LogP contribution in [0.25, 0.3) is 0 Å². The summed E-state index contributed by atoms with van der Waals surface area (Å²) >= 11 is 0. The Balaban J connectivity index is 2.18. The first kappa shape index (κ1) is 48.3. The third-order valence-corrected chi connectivity index (χ3v) is 12.8. The Morgan fingerprint density at radius 1 is 0.927 bits per heavy atom. The predicted molar refractivity (Wildman–Crippen MR) is 207 cm³/mol. The van der Waals surface area contributed by atoms with Crippen molar-refractivity contribution in [3.05, 3.63) is 0 Å². The highest BCUT2D eigenvalue weighted by Crippen LogP contribution is 2.43. The third kappa shape index (κ3) is 10.8. The average molecular weight is 792 g/mol. The van der Waals surface area contributed by atoms with Crippen molar-refractivity contribution in [1.82, 2.24) is 15.1 Å². The lowest BCUT2D eigenvalue weighted by atomic mass is 9.75. The second-order valence-electron chi connectivity index (χ2n) is 18.3. The average Bonchev–Trinajstić information content (AvgIpc) is 3.08. The number of hydrogen-bond donors (Lipinski definition) is 6. The van der Waals surface area contributed by atoms with E-state index >= 15 is 0 Å². The number of esters is 1. The maximum Gasteiger partial charge on any atom is 0.311 e. The smallest absolute Gasteiger partial charge is 0.311 e. The van der Waals surface area contributed by atoms with Crippen LogP contribution in [0.15, 0.2) is 0 Å². The lowest BCUT2D eigenvalue weighted by molar-refractivity contribution is -0.338. The number of carbonyl (C=O) groups excluding carboxylic acids is 1. The summed E-state index contributed by atoms with van der Waals surface area (Å²) in [5.41, 5.74) is -5.94. The molecule has 0 aliphatic carbocycles. The van der Waals surface area contributed by atoms with Gasteiger partial charge in [0.05, 0.1) is 35.9 Å². The van der Waals surface area contributed by atoms with E-state index in [0.717, 1.165) is 0 Å². The van der Waals surface area contributed by atoms with Crippen molar-refractivity contribution in [2.24, 2.45) is 17.8 Å². The van der Waals surface area contributed by atoms with Gasteiger partial charge in [-0.2, -0.15) is 0 Å². The van der Waals surface area contributed by atoms with E-state index in [4.69, 9.17) is 28.4 Å². The Morgan fingerprint density at radius 2 is 1.55 bits per heavy atom. The van der Waals surface area contributed by atoms with E-state index in [-0.39, 0.29) is 43.9 Å². The van der Waals surface area contributed by atoms with Crippen LogP contribution in [0.3, 0.4) is 0 Å². The maximum atomic E-state index is 14.3. The second kappa shape index (κ2) is 18.9. The monoisotopic (exact) mass is 792 g/mol.